The van der Waals surface area contributed by atoms with Crippen molar-refractivity contribution in [2.24, 2.45) is 22.5 Å². The molecule has 0 aliphatic heterocycles. The minimum atomic E-state index is -0.236. The van der Waals surface area contributed by atoms with Crippen LogP contribution in [0, 0.1) is 16.7 Å². The van der Waals surface area contributed by atoms with Crippen LogP contribution < -0.4 is 11.1 Å². The van der Waals surface area contributed by atoms with E-state index in [1.807, 2.05) is 0 Å². The van der Waals surface area contributed by atoms with E-state index in [0.717, 1.165) is 25.7 Å². The lowest BCUT2D eigenvalue weighted by atomic mass is 9.66. The zero-order chi connectivity index (χ0) is 14.1. The van der Waals surface area contributed by atoms with Gasteiger partial charge in [0.15, 0.2) is 0 Å². The fourth-order valence-corrected chi connectivity index (χ4v) is 3.79. The second kappa shape index (κ2) is 5.43. The Morgan fingerprint density at radius 2 is 1.84 bits per heavy atom. The van der Waals surface area contributed by atoms with Gasteiger partial charge in [-0.1, -0.05) is 40.0 Å². The predicted molar refractivity (Wildman–Crippen MR) is 78.7 cm³/mol. The molecule has 2 unspecified atom stereocenters. The second-order valence-electron chi connectivity index (χ2n) is 7.67. The zero-order valence-electron chi connectivity index (χ0n) is 12.8. The Labute approximate surface area is 117 Å². The first-order valence-corrected chi connectivity index (χ1v) is 7.90. The molecule has 0 aromatic rings. The summed E-state index contributed by atoms with van der Waals surface area (Å²) in [5.41, 5.74) is 5.87. The van der Waals surface area contributed by atoms with Crippen LogP contribution in [0.3, 0.4) is 0 Å². The molecule has 2 rings (SSSR count). The Kier molecular flexibility index (Phi) is 4.24. The van der Waals surface area contributed by atoms with Gasteiger partial charge in [0, 0.05) is 12.6 Å². The number of carbonyl (C=O) groups excluding carboxylic acids is 1. The van der Waals surface area contributed by atoms with Crippen molar-refractivity contribution < 1.29 is 4.79 Å². The lowest BCUT2D eigenvalue weighted by Crippen LogP contribution is -2.55. The number of hydrogen-bond acceptors (Lipinski definition) is 2. The summed E-state index contributed by atoms with van der Waals surface area (Å²) >= 11 is 0. The van der Waals surface area contributed by atoms with Gasteiger partial charge in [-0.25, -0.2) is 0 Å². The molecule has 3 nitrogen and oxygen atoms in total. The standard InChI is InChI=1S/C16H30N2O/c1-15(2,3)12-7-4-5-8-13(12)18-14(19)16(11-17)9-6-10-16/h12-13H,4-11,17H2,1-3H3,(H,18,19). The summed E-state index contributed by atoms with van der Waals surface area (Å²) in [5, 5.41) is 3.35. The van der Waals surface area contributed by atoms with Crippen molar-refractivity contribution in [2.75, 3.05) is 6.54 Å². The molecule has 2 aliphatic rings. The maximum Gasteiger partial charge on any atom is 0.227 e. The van der Waals surface area contributed by atoms with Crippen molar-refractivity contribution in [3.8, 4) is 0 Å². The molecule has 19 heavy (non-hydrogen) atoms. The van der Waals surface area contributed by atoms with Crippen molar-refractivity contribution in [3.05, 3.63) is 0 Å². The van der Waals surface area contributed by atoms with Gasteiger partial charge < -0.3 is 11.1 Å². The zero-order valence-corrected chi connectivity index (χ0v) is 12.8. The monoisotopic (exact) mass is 266 g/mol. The van der Waals surface area contributed by atoms with Gasteiger partial charge in [0.05, 0.1) is 5.41 Å². The molecule has 3 N–H and O–H groups in total. The van der Waals surface area contributed by atoms with Crippen molar-refractivity contribution in [1.29, 1.82) is 0 Å². The highest BCUT2D eigenvalue weighted by Crippen LogP contribution is 2.42. The highest BCUT2D eigenvalue weighted by atomic mass is 16.2. The summed E-state index contributed by atoms with van der Waals surface area (Å²) in [6.45, 7) is 7.39. The van der Waals surface area contributed by atoms with Gasteiger partial charge >= 0.3 is 0 Å². The molecule has 0 heterocycles. The summed E-state index contributed by atoms with van der Waals surface area (Å²) in [4.78, 5) is 12.5. The van der Waals surface area contributed by atoms with Crippen molar-refractivity contribution in [3.63, 3.8) is 0 Å². The van der Waals surface area contributed by atoms with Crippen LogP contribution in [0.25, 0.3) is 0 Å². The van der Waals surface area contributed by atoms with Crippen LogP contribution in [0.1, 0.15) is 65.7 Å². The third-order valence-electron chi connectivity index (χ3n) is 5.38. The van der Waals surface area contributed by atoms with Crippen molar-refractivity contribution in [2.45, 2.75) is 71.8 Å². The fourth-order valence-electron chi connectivity index (χ4n) is 3.79. The van der Waals surface area contributed by atoms with E-state index in [4.69, 9.17) is 5.73 Å². The maximum absolute atomic E-state index is 12.5. The first-order valence-electron chi connectivity index (χ1n) is 7.90. The second-order valence-corrected chi connectivity index (χ2v) is 7.67. The van der Waals surface area contributed by atoms with E-state index in [9.17, 15) is 4.79 Å². The molecule has 0 saturated heterocycles. The summed E-state index contributed by atoms with van der Waals surface area (Å²) < 4.78 is 0. The predicted octanol–water partition coefficient (Wildman–Crippen LogP) is 2.84. The molecule has 0 spiro atoms. The highest BCUT2D eigenvalue weighted by molar-refractivity contribution is 5.84. The molecule has 3 heteroatoms. The van der Waals surface area contributed by atoms with Crippen LogP contribution in [0.4, 0.5) is 0 Å². The normalized spacial score (nSPS) is 30.5. The molecule has 0 aromatic carbocycles. The lowest BCUT2D eigenvalue weighted by molar-refractivity contribution is -0.137. The van der Waals surface area contributed by atoms with Crippen molar-refractivity contribution in [1.82, 2.24) is 5.32 Å². The van der Waals surface area contributed by atoms with E-state index in [1.165, 1.54) is 19.3 Å². The quantitative estimate of drug-likeness (QED) is 0.825. The lowest BCUT2D eigenvalue weighted by Gasteiger charge is -2.44. The van der Waals surface area contributed by atoms with E-state index in [-0.39, 0.29) is 16.7 Å². The molecule has 2 aliphatic carbocycles. The van der Waals surface area contributed by atoms with E-state index < -0.39 is 0 Å². The average Bonchev–Trinajstić information content (AvgIpc) is 2.27. The smallest absolute Gasteiger partial charge is 0.227 e. The first-order chi connectivity index (χ1) is 8.89. The van der Waals surface area contributed by atoms with Gasteiger partial charge in [-0.15, -0.1) is 0 Å². The van der Waals surface area contributed by atoms with Crippen molar-refractivity contribution >= 4 is 5.91 Å². The molecule has 110 valence electrons. The van der Waals surface area contributed by atoms with Crippen LogP contribution in [0.5, 0.6) is 0 Å². The minimum Gasteiger partial charge on any atom is -0.353 e. The van der Waals surface area contributed by atoms with Crippen LogP contribution in [0.15, 0.2) is 0 Å². The molecule has 2 saturated carbocycles. The molecule has 0 radical (unpaired) electrons. The van der Waals surface area contributed by atoms with Crippen LogP contribution in [-0.4, -0.2) is 18.5 Å². The number of hydrogen-bond donors (Lipinski definition) is 2. The topological polar surface area (TPSA) is 55.1 Å². The Hall–Kier alpha value is -0.570. The summed E-state index contributed by atoms with van der Waals surface area (Å²) in [6.07, 6.45) is 8.02. The van der Waals surface area contributed by atoms with Gasteiger partial charge in [-0.2, -0.15) is 0 Å². The number of nitrogens with one attached hydrogen (secondary N) is 1. The molecule has 2 atom stereocenters. The van der Waals surface area contributed by atoms with E-state index in [1.54, 1.807) is 0 Å². The first kappa shape index (κ1) is 14.8. The van der Waals surface area contributed by atoms with Gasteiger partial charge in [0.2, 0.25) is 5.91 Å². The Bertz CT molecular complexity index is 323. The van der Waals surface area contributed by atoms with E-state index in [2.05, 4.69) is 26.1 Å². The van der Waals surface area contributed by atoms with Crippen LogP contribution in [0.2, 0.25) is 0 Å². The average molecular weight is 266 g/mol. The highest BCUT2D eigenvalue weighted by Gasteiger charge is 2.45. The van der Waals surface area contributed by atoms with E-state index in [0.29, 0.717) is 18.5 Å². The molecule has 0 aromatic heterocycles. The fraction of sp³-hybridized carbons (Fsp3) is 0.938. The number of amides is 1. The van der Waals surface area contributed by atoms with Gasteiger partial charge in [0.1, 0.15) is 0 Å². The van der Waals surface area contributed by atoms with E-state index >= 15 is 0 Å². The van der Waals surface area contributed by atoms with Crippen LogP contribution in [-0.2, 0) is 4.79 Å². The third-order valence-corrected chi connectivity index (χ3v) is 5.38. The Balaban J connectivity index is 2.01. The van der Waals surface area contributed by atoms with Gasteiger partial charge in [-0.05, 0) is 37.0 Å². The van der Waals surface area contributed by atoms with Crippen LogP contribution >= 0.6 is 0 Å². The Morgan fingerprint density at radius 3 is 2.32 bits per heavy atom. The summed E-state index contributed by atoms with van der Waals surface area (Å²) in [7, 11) is 0. The number of carbonyl (C=O) groups is 1. The largest absolute Gasteiger partial charge is 0.353 e. The summed E-state index contributed by atoms with van der Waals surface area (Å²) in [6, 6.07) is 0.352. The SMILES string of the molecule is CC(C)(C)C1CCCCC1NC(=O)C1(CN)CCC1. The van der Waals surface area contributed by atoms with Gasteiger partial charge in [0.25, 0.3) is 0 Å². The molecule has 0 bridgehead atoms. The molecule has 1 amide bonds. The summed E-state index contributed by atoms with van der Waals surface area (Å²) in [5.74, 6) is 0.822. The molecular weight excluding hydrogens is 236 g/mol. The maximum atomic E-state index is 12.5. The Morgan fingerprint density at radius 1 is 1.21 bits per heavy atom. The van der Waals surface area contributed by atoms with Gasteiger partial charge in [-0.3, -0.25) is 4.79 Å². The number of nitrogens with two attached hydrogens (primary N) is 1. The molecule has 2 fully saturated rings. The molecular formula is C16H30N2O. The third kappa shape index (κ3) is 2.96. The minimum absolute atomic E-state index is 0.224. The number of rotatable bonds is 3.